The molecular formula is C50H62I3N5O12. The molecule has 0 fully saturated rings. The van der Waals surface area contributed by atoms with Gasteiger partial charge in [-0.2, -0.15) is 0 Å². The van der Waals surface area contributed by atoms with Crippen LogP contribution in [-0.2, 0) is 35.1 Å². The normalized spacial score (nSPS) is 12.5. The first-order valence-corrected chi connectivity index (χ1v) is 25.7. The van der Waals surface area contributed by atoms with E-state index >= 15 is 0 Å². The number of carbonyl (C=O) groups excluding carboxylic acids is 5. The fraction of sp³-hybridized carbons (Fsp3) is 0.420. The van der Waals surface area contributed by atoms with E-state index in [-0.39, 0.29) is 55.9 Å². The van der Waals surface area contributed by atoms with Crippen molar-refractivity contribution in [3.63, 3.8) is 0 Å². The first-order valence-electron chi connectivity index (χ1n) is 22.5. The number of nitrogens with two attached hydrogens (primary N) is 1. The zero-order chi connectivity index (χ0) is 51.7. The van der Waals surface area contributed by atoms with Crippen molar-refractivity contribution in [1.82, 2.24) is 16.0 Å². The van der Waals surface area contributed by atoms with Crippen LogP contribution < -0.4 is 45.5 Å². The smallest absolute Gasteiger partial charge is 0.408 e. The number of carbonyl (C=O) groups is 5. The Morgan fingerprint density at radius 2 is 1.40 bits per heavy atom. The first kappa shape index (κ1) is 57.8. The highest BCUT2D eigenvalue weighted by Gasteiger charge is 2.31. The number of unbranched alkanes of at least 4 members (excludes halogenated alkanes) is 1. The maximum atomic E-state index is 14.1. The van der Waals surface area contributed by atoms with Crippen molar-refractivity contribution in [2.45, 2.75) is 96.9 Å². The van der Waals surface area contributed by atoms with Crippen LogP contribution in [0.25, 0.3) is 0 Å². The van der Waals surface area contributed by atoms with Gasteiger partial charge in [0, 0.05) is 31.1 Å². The van der Waals surface area contributed by atoms with Crippen LogP contribution >= 0.6 is 67.8 Å². The van der Waals surface area contributed by atoms with Crippen LogP contribution in [-0.4, -0.2) is 93.1 Å². The third kappa shape index (κ3) is 18.1. The van der Waals surface area contributed by atoms with Gasteiger partial charge in [0.05, 0.1) is 50.4 Å². The second-order valence-corrected chi connectivity index (χ2v) is 21.0. The number of hydrogen-bond acceptors (Lipinski definition) is 13. The number of amides is 4. The molecule has 0 aromatic heterocycles. The number of alkyl carbamates (subject to hydrolysis) is 1. The number of ether oxygens (including phenoxy) is 6. The van der Waals surface area contributed by atoms with Crippen molar-refractivity contribution in [1.29, 1.82) is 0 Å². The van der Waals surface area contributed by atoms with Gasteiger partial charge in [0.15, 0.2) is 5.75 Å². The van der Waals surface area contributed by atoms with Gasteiger partial charge in [-0.1, -0.05) is 13.8 Å². The fourth-order valence-corrected chi connectivity index (χ4v) is 9.32. The summed E-state index contributed by atoms with van der Waals surface area (Å²) in [6, 6.07) is 17.3. The summed E-state index contributed by atoms with van der Waals surface area (Å²) in [6.45, 7) is 9.19. The standard InChI is InChI=1S/C50H62I3N5O12/c1-29(2)28-68-48(63)39(56-46(61)40(57-49(64)70-50(3,4)5)25-30-23-36(52)45(37(53)24-30)69-34-17-20-42(59)35(51)26-34)18-21-44(60)55-22-10-9-11-38(54)47(62)58(31-12-14-32(65-6)15-13-31)41-19-16-33(66-7)27-43(41)67-8/h12-17,19-20,23-24,26-27,29,38-40,59H,9-11,18,21-22,25,28,54H2,1-8H3,(H,55,60)(H,56,61)(H,57,64). The monoisotopic (exact) mass is 1310 g/mol. The summed E-state index contributed by atoms with van der Waals surface area (Å²) in [7, 11) is 4.59. The van der Waals surface area contributed by atoms with E-state index in [1.54, 1.807) is 88.5 Å². The summed E-state index contributed by atoms with van der Waals surface area (Å²) in [5, 5.41) is 18.2. The SMILES string of the molecule is COc1ccc(N(C(=O)C(N)CCCCNC(=O)CCC(NC(=O)C(Cc2cc(I)c(Oc3ccc(O)c(I)c3)c(I)c2)NC(=O)OC(C)(C)C)C(=O)OCC(C)C)c2ccc(OC)cc2OC)cc1. The van der Waals surface area contributed by atoms with Crippen LogP contribution in [0.3, 0.4) is 0 Å². The van der Waals surface area contributed by atoms with Crippen LogP contribution in [0.1, 0.15) is 72.3 Å². The minimum Gasteiger partial charge on any atom is -0.507 e. The lowest BCUT2D eigenvalue weighted by molar-refractivity contribution is -0.149. The Kier molecular flexibility index (Phi) is 22.9. The van der Waals surface area contributed by atoms with Crippen LogP contribution in [0, 0.1) is 16.6 Å². The molecule has 0 heterocycles. The second kappa shape index (κ2) is 27.7. The first-order chi connectivity index (χ1) is 33.1. The average molecular weight is 1310 g/mol. The lowest BCUT2D eigenvalue weighted by Crippen LogP contribution is -2.53. The Hall–Kier alpha value is -4.82. The third-order valence-electron chi connectivity index (χ3n) is 10.2. The molecule has 4 aromatic rings. The number of phenolic OH excluding ortho intramolecular Hbond substituents is 1. The number of methoxy groups -OCH3 is 3. The van der Waals surface area contributed by atoms with Crippen LogP contribution in [0.5, 0.6) is 34.5 Å². The van der Waals surface area contributed by atoms with Crippen molar-refractivity contribution in [2.24, 2.45) is 11.7 Å². The summed E-state index contributed by atoms with van der Waals surface area (Å²) < 4.78 is 35.5. The molecule has 6 N–H and O–H groups in total. The summed E-state index contributed by atoms with van der Waals surface area (Å²) in [5.74, 6) is 0.643. The molecule has 0 aliphatic rings. The zero-order valence-electron chi connectivity index (χ0n) is 40.5. The van der Waals surface area contributed by atoms with E-state index in [4.69, 9.17) is 34.2 Å². The van der Waals surface area contributed by atoms with Crippen molar-refractivity contribution in [3.8, 4) is 34.5 Å². The molecule has 0 spiro atoms. The predicted octanol–water partition coefficient (Wildman–Crippen LogP) is 8.90. The third-order valence-corrected chi connectivity index (χ3v) is 12.7. The molecule has 70 heavy (non-hydrogen) atoms. The van der Waals surface area contributed by atoms with Gasteiger partial charge in [0.1, 0.15) is 46.4 Å². The molecule has 4 rings (SSSR count). The van der Waals surface area contributed by atoms with Crippen molar-refractivity contribution in [2.75, 3.05) is 39.4 Å². The fourth-order valence-electron chi connectivity index (χ4n) is 6.72. The molecule has 0 aliphatic heterocycles. The molecular weight excluding hydrogens is 1240 g/mol. The van der Waals surface area contributed by atoms with Gasteiger partial charge in [-0.3, -0.25) is 19.3 Å². The largest absolute Gasteiger partial charge is 0.507 e. The molecule has 20 heteroatoms. The lowest BCUT2D eigenvalue weighted by Gasteiger charge is -2.28. The summed E-state index contributed by atoms with van der Waals surface area (Å²) >= 11 is 6.27. The van der Waals surface area contributed by atoms with Gasteiger partial charge < -0.3 is 55.2 Å². The van der Waals surface area contributed by atoms with Crippen molar-refractivity contribution < 1.29 is 57.5 Å². The Balaban J connectivity index is 1.41. The number of aromatic hydroxyl groups is 1. The van der Waals surface area contributed by atoms with Gasteiger partial charge >= 0.3 is 12.1 Å². The Morgan fingerprint density at radius 3 is 2.00 bits per heavy atom. The number of halogens is 3. The molecule has 4 aromatic carbocycles. The summed E-state index contributed by atoms with van der Waals surface area (Å²) in [6.07, 6.45) is 0.243. The van der Waals surface area contributed by atoms with E-state index in [1.165, 1.54) is 19.1 Å². The number of phenols is 1. The maximum Gasteiger partial charge on any atom is 0.408 e. The van der Waals surface area contributed by atoms with E-state index in [2.05, 4.69) is 61.1 Å². The minimum atomic E-state index is -1.23. The van der Waals surface area contributed by atoms with Gasteiger partial charge in [0.25, 0.3) is 0 Å². The van der Waals surface area contributed by atoms with Gasteiger partial charge in [0.2, 0.25) is 17.7 Å². The van der Waals surface area contributed by atoms with E-state index in [1.807, 2.05) is 48.6 Å². The molecule has 17 nitrogen and oxygen atoms in total. The second-order valence-electron chi connectivity index (χ2n) is 17.5. The molecule has 0 aliphatic carbocycles. The Labute approximate surface area is 450 Å². The molecule has 0 bridgehead atoms. The summed E-state index contributed by atoms with van der Waals surface area (Å²) in [5.41, 5.74) is 7.35. The van der Waals surface area contributed by atoms with Crippen LogP contribution in [0.2, 0.25) is 0 Å². The maximum absolute atomic E-state index is 14.1. The van der Waals surface area contributed by atoms with E-state index in [9.17, 15) is 29.1 Å². The number of hydrogen-bond donors (Lipinski definition) is 5. The Bertz CT molecular complexity index is 2410. The predicted molar refractivity (Wildman–Crippen MR) is 291 cm³/mol. The average Bonchev–Trinajstić information content (AvgIpc) is 3.31. The van der Waals surface area contributed by atoms with Crippen molar-refractivity contribution >= 4 is 109 Å². The summed E-state index contributed by atoms with van der Waals surface area (Å²) in [4.78, 5) is 69.4. The number of anilines is 2. The van der Waals surface area contributed by atoms with Crippen LogP contribution in [0.4, 0.5) is 16.2 Å². The molecule has 380 valence electrons. The highest BCUT2D eigenvalue weighted by atomic mass is 127. The van der Waals surface area contributed by atoms with Crippen LogP contribution in [0.15, 0.2) is 72.8 Å². The topological polar surface area (TPSA) is 226 Å². The van der Waals surface area contributed by atoms with E-state index < -0.39 is 41.7 Å². The highest BCUT2D eigenvalue weighted by molar-refractivity contribution is 14.1. The zero-order valence-corrected chi connectivity index (χ0v) is 47.0. The lowest BCUT2D eigenvalue weighted by atomic mass is 10.0. The van der Waals surface area contributed by atoms with E-state index in [0.29, 0.717) is 68.5 Å². The van der Waals surface area contributed by atoms with Gasteiger partial charge in [-0.15, -0.1) is 0 Å². The Morgan fingerprint density at radius 1 is 0.757 bits per heavy atom. The molecule has 3 atom stereocenters. The van der Waals surface area contributed by atoms with Crippen molar-refractivity contribution in [3.05, 3.63) is 89.1 Å². The minimum absolute atomic E-state index is 0.000973. The molecule has 4 amide bonds. The number of rotatable bonds is 24. The van der Waals surface area contributed by atoms with Gasteiger partial charge in [-0.05, 0) is 192 Å². The van der Waals surface area contributed by atoms with E-state index in [0.717, 1.165) is 7.14 Å². The molecule has 3 unspecified atom stereocenters. The highest BCUT2D eigenvalue weighted by Crippen LogP contribution is 2.38. The molecule has 0 saturated carbocycles. The molecule has 0 saturated heterocycles. The number of nitrogens with zero attached hydrogens (tertiary/aromatic N) is 1. The number of nitrogens with one attached hydrogen (secondary N) is 3. The quantitative estimate of drug-likeness (QED) is 0.0251. The number of benzene rings is 4. The van der Waals surface area contributed by atoms with Gasteiger partial charge in [-0.25, -0.2) is 9.59 Å². The molecule has 0 radical (unpaired) electrons. The number of esters is 1.